The van der Waals surface area contributed by atoms with Gasteiger partial charge in [-0.3, -0.25) is 9.52 Å². The van der Waals surface area contributed by atoms with Crippen LogP contribution in [0.3, 0.4) is 0 Å². The van der Waals surface area contributed by atoms with Crippen molar-refractivity contribution < 1.29 is 22.7 Å². The molecule has 0 spiro atoms. The lowest BCUT2D eigenvalue weighted by Crippen LogP contribution is -2.28. The van der Waals surface area contributed by atoms with E-state index >= 15 is 0 Å². The predicted octanol–water partition coefficient (Wildman–Crippen LogP) is 4.27. The normalized spacial score (nSPS) is 11.0. The van der Waals surface area contributed by atoms with E-state index in [1.165, 1.54) is 18.2 Å². The zero-order valence-electron chi connectivity index (χ0n) is 17.6. The first-order valence-corrected chi connectivity index (χ1v) is 11.6. The van der Waals surface area contributed by atoms with Gasteiger partial charge in [0.15, 0.2) is 11.5 Å². The Morgan fingerprint density at radius 2 is 1.69 bits per heavy atom. The standard InChI is InChI=1S/C23H23ClN2O5S/c1-16-7-10-18(11-8-16)26-32(28,29)22-15-17(9-12-19(22)24)23(27)25-13-14-31-21-6-4-3-5-20(21)30-2/h3-12,15,26H,13-14H2,1-2H3,(H,25,27). The van der Waals surface area contributed by atoms with Crippen LogP contribution in [0.15, 0.2) is 71.6 Å². The molecule has 0 heterocycles. The van der Waals surface area contributed by atoms with Crippen molar-refractivity contribution in [1.82, 2.24) is 5.32 Å². The molecule has 7 nitrogen and oxygen atoms in total. The average Bonchev–Trinajstić information content (AvgIpc) is 2.78. The van der Waals surface area contributed by atoms with Crippen LogP contribution in [0, 0.1) is 6.92 Å². The van der Waals surface area contributed by atoms with Gasteiger partial charge in [-0.2, -0.15) is 0 Å². The third kappa shape index (κ3) is 5.93. The van der Waals surface area contributed by atoms with E-state index in [2.05, 4.69) is 10.0 Å². The first kappa shape index (κ1) is 23.4. The Morgan fingerprint density at radius 1 is 1.00 bits per heavy atom. The number of amides is 1. The lowest BCUT2D eigenvalue weighted by molar-refractivity contribution is 0.0946. The van der Waals surface area contributed by atoms with Gasteiger partial charge in [-0.25, -0.2) is 8.42 Å². The second-order valence-electron chi connectivity index (χ2n) is 6.87. The summed E-state index contributed by atoms with van der Waals surface area (Å²) < 4.78 is 38.9. The number of anilines is 1. The summed E-state index contributed by atoms with van der Waals surface area (Å²) in [5.41, 5.74) is 1.56. The third-order valence-electron chi connectivity index (χ3n) is 4.50. The number of carbonyl (C=O) groups is 1. The van der Waals surface area contributed by atoms with Gasteiger partial charge in [-0.15, -0.1) is 0 Å². The summed E-state index contributed by atoms with van der Waals surface area (Å²) in [6.07, 6.45) is 0. The molecule has 0 aromatic heterocycles. The highest BCUT2D eigenvalue weighted by molar-refractivity contribution is 7.92. The van der Waals surface area contributed by atoms with Crippen molar-refractivity contribution in [3.63, 3.8) is 0 Å². The molecule has 0 aliphatic carbocycles. The maximum absolute atomic E-state index is 12.8. The zero-order valence-corrected chi connectivity index (χ0v) is 19.2. The summed E-state index contributed by atoms with van der Waals surface area (Å²) in [6.45, 7) is 2.32. The van der Waals surface area contributed by atoms with Gasteiger partial charge in [-0.1, -0.05) is 41.4 Å². The molecule has 0 unspecified atom stereocenters. The smallest absolute Gasteiger partial charge is 0.263 e. The number of methoxy groups -OCH3 is 1. The number of ether oxygens (including phenoxy) is 2. The van der Waals surface area contributed by atoms with Crippen molar-refractivity contribution in [2.75, 3.05) is 25.0 Å². The van der Waals surface area contributed by atoms with E-state index in [9.17, 15) is 13.2 Å². The van der Waals surface area contributed by atoms with Crippen LogP contribution in [0.2, 0.25) is 5.02 Å². The molecule has 0 bridgehead atoms. The minimum atomic E-state index is -3.98. The Kier molecular flexibility index (Phi) is 7.61. The second-order valence-corrected chi connectivity index (χ2v) is 8.93. The fourth-order valence-electron chi connectivity index (χ4n) is 2.85. The van der Waals surface area contributed by atoms with Crippen LogP contribution >= 0.6 is 11.6 Å². The molecular weight excluding hydrogens is 452 g/mol. The lowest BCUT2D eigenvalue weighted by Gasteiger charge is -2.12. The van der Waals surface area contributed by atoms with Gasteiger partial charge in [-0.05, 0) is 49.4 Å². The van der Waals surface area contributed by atoms with E-state index in [0.717, 1.165) is 5.56 Å². The van der Waals surface area contributed by atoms with E-state index < -0.39 is 15.9 Å². The number of hydrogen-bond donors (Lipinski definition) is 2. The molecule has 3 aromatic carbocycles. The molecule has 32 heavy (non-hydrogen) atoms. The predicted molar refractivity (Wildman–Crippen MR) is 124 cm³/mol. The number of benzene rings is 3. The van der Waals surface area contributed by atoms with Gasteiger partial charge in [0.05, 0.1) is 18.7 Å². The molecule has 0 aliphatic heterocycles. The lowest BCUT2D eigenvalue weighted by atomic mass is 10.2. The van der Waals surface area contributed by atoms with Gasteiger partial charge in [0.2, 0.25) is 0 Å². The molecule has 0 saturated heterocycles. The monoisotopic (exact) mass is 474 g/mol. The summed E-state index contributed by atoms with van der Waals surface area (Å²) in [5.74, 6) is 0.704. The van der Waals surface area contributed by atoms with Crippen molar-refractivity contribution in [3.8, 4) is 11.5 Å². The molecule has 0 fully saturated rings. The minimum absolute atomic E-state index is 0.0145. The Labute approximate surface area is 192 Å². The van der Waals surface area contributed by atoms with Crippen molar-refractivity contribution >= 4 is 33.2 Å². The summed E-state index contributed by atoms with van der Waals surface area (Å²) in [6, 6.07) is 18.1. The number of nitrogens with one attached hydrogen (secondary N) is 2. The van der Waals surface area contributed by atoms with E-state index in [-0.39, 0.29) is 28.6 Å². The summed E-state index contributed by atoms with van der Waals surface area (Å²) in [4.78, 5) is 12.3. The minimum Gasteiger partial charge on any atom is -0.493 e. The van der Waals surface area contributed by atoms with Crippen LogP contribution in [0.25, 0.3) is 0 Å². The molecule has 3 rings (SSSR count). The zero-order chi connectivity index (χ0) is 23.1. The fraction of sp³-hybridized carbons (Fsp3) is 0.174. The second kappa shape index (κ2) is 10.4. The van der Waals surface area contributed by atoms with Gasteiger partial charge < -0.3 is 14.8 Å². The van der Waals surface area contributed by atoms with Crippen LogP contribution in [0.5, 0.6) is 11.5 Å². The van der Waals surface area contributed by atoms with Gasteiger partial charge in [0, 0.05) is 11.3 Å². The van der Waals surface area contributed by atoms with Crippen LogP contribution in [0.4, 0.5) is 5.69 Å². The molecule has 1 amide bonds. The van der Waals surface area contributed by atoms with Gasteiger partial charge in [0.1, 0.15) is 11.5 Å². The number of rotatable bonds is 9. The average molecular weight is 475 g/mol. The number of sulfonamides is 1. The first-order valence-electron chi connectivity index (χ1n) is 9.73. The third-order valence-corrected chi connectivity index (χ3v) is 6.36. The molecule has 0 saturated carbocycles. The van der Waals surface area contributed by atoms with E-state index in [4.69, 9.17) is 21.1 Å². The largest absolute Gasteiger partial charge is 0.493 e. The van der Waals surface area contributed by atoms with Gasteiger partial charge >= 0.3 is 0 Å². The Morgan fingerprint density at radius 3 is 2.38 bits per heavy atom. The Balaban J connectivity index is 1.65. The molecule has 0 atom stereocenters. The number of carbonyl (C=O) groups excluding carboxylic acids is 1. The number of aryl methyl sites for hydroxylation is 1. The van der Waals surface area contributed by atoms with E-state index in [1.54, 1.807) is 43.5 Å². The Hall–Kier alpha value is -3.23. The molecular formula is C23H23ClN2O5S. The summed E-state index contributed by atoms with van der Waals surface area (Å²) >= 11 is 6.12. The van der Waals surface area contributed by atoms with Crippen molar-refractivity contribution in [2.24, 2.45) is 0 Å². The maximum atomic E-state index is 12.8. The fourth-order valence-corrected chi connectivity index (χ4v) is 4.43. The highest BCUT2D eigenvalue weighted by Crippen LogP contribution is 2.26. The van der Waals surface area contributed by atoms with Crippen molar-refractivity contribution in [2.45, 2.75) is 11.8 Å². The van der Waals surface area contributed by atoms with Crippen LogP contribution in [-0.2, 0) is 10.0 Å². The van der Waals surface area contributed by atoms with E-state index in [0.29, 0.717) is 17.2 Å². The van der Waals surface area contributed by atoms with Crippen LogP contribution in [-0.4, -0.2) is 34.6 Å². The van der Waals surface area contributed by atoms with Crippen molar-refractivity contribution in [3.05, 3.63) is 82.9 Å². The number of para-hydroxylation sites is 2. The molecule has 0 aliphatic rings. The first-order chi connectivity index (χ1) is 15.3. The molecule has 0 radical (unpaired) electrons. The topological polar surface area (TPSA) is 93.7 Å². The highest BCUT2D eigenvalue weighted by Gasteiger charge is 2.20. The van der Waals surface area contributed by atoms with Crippen LogP contribution in [0.1, 0.15) is 15.9 Å². The summed E-state index contributed by atoms with van der Waals surface area (Å²) in [5, 5.41) is 2.71. The molecule has 168 valence electrons. The Bertz CT molecular complexity index is 1200. The summed E-state index contributed by atoms with van der Waals surface area (Å²) in [7, 11) is -2.44. The molecule has 2 N–H and O–H groups in total. The SMILES string of the molecule is COc1ccccc1OCCNC(=O)c1ccc(Cl)c(S(=O)(=O)Nc2ccc(C)cc2)c1. The number of hydrogen-bond acceptors (Lipinski definition) is 5. The molecule has 3 aromatic rings. The van der Waals surface area contributed by atoms with Crippen LogP contribution < -0.4 is 19.5 Å². The highest BCUT2D eigenvalue weighted by atomic mass is 35.5. The number of halogens is 1. The van der Waals surface area contributed by atoms with E-state index in [1.807, 2.05) is 19.1 Å². The van der Waals surface area contributed by atoms with Gasteiger partial charge in [0.25, 0.3) is 15.9 Å². The molecule has 9 heteroatoms. The van der Waals surface area contributed by atoms with Crippen molar-refractivity contribution in [1.29, 1.82) is 0 Å². The maximum Gasteiger partial charge on any atom is 0.263 e. The quantitative estimate of drug-likeness (QED) is 0.452.